The lowest BCUT2D eigenvalue weighted by Crippen LogP contribution is -1.87. The number of hydrogen-bond acceptors (Lipinski definition) is 1. The number of rotatable bonds is 12. The van der Waals surface area contributed by atoms with Crippen LogP contribution in [0, 0.1) is 0 Å². The van der Waals surface area contributed by atoms with E-state index in [1.54, 1.807) is 0 Å². The fraction of sp³-hybridized carbons (Fsp3) is 0.500. The molecule has 0 fully saturated rings. The van der Waals surface area contributed by atoms with Gasteiger partial charge in [0.25, 0.3) is 0 Å². The highest BCUT2D eigenvalue weighted by Crippen LogP contribution is 2.08. The highest BCUT2D eigenvalue weighted by Gasteiger charge is 1.92. The molecule has 0 aliphatic carbocycles. The number of alkyl halides is 1. The molecule has 144 valence electrons. The Bertz CT molecular complexity index is 463. The van der Waals surface area contributed by atoms with Crippen molar-refractivity contribution in [3.63, 3.8) is 0 Å². The van der Waals surface area contributed by atoms with E-state index in [2.05, 4.69) is 83.3 Å². The van der Waals surface area contributed by atoms with Crippen LogP contribution in [0.25, 0.3) is 0 Å². The Morgan fingerprint density at radius 3 is 1.38 bits per heavy atom. The summed E-state index contributed by atoms with van der Waals surface area (Å²) in [5, 5.41) is 8.58. The minimum atomic E-state index is 0.339. The quantitative estimate of drug-likeness (QED) is 0.203. The minimum Gasteiger partial charge on any atom is -0.396 e. The van der Waals surface area contributed by atoms with Gasteiger partial charge in [0.1, 0.15) is 0 Å². The summed E-state index contributed by atoms with van der Waals surface area (Å²) in [6.07, 6.45) is 12.5. The van der Waals surface area contributed by atoms with Crippen LogP contribution in [0.2, 0.25) is 0 Å². The topological polar surface area (TPSA) is 20.2 Å². The largest absolute Gasteiger partial charge is 0.396 e. The first-order valence-electron chi connectivity index (χ1n) is 10.1. The lowest BCUT2D eigenvalue weighted by atomic mass is 10.1. The molecule has 0 saturated heterocycles. The highest BCUT2D eigenvalue weighted by atomic mass is 127. The third-order valence-corrected chi connectivity index (χ3v) is 5.17. The van der Waals surface area contributed by atoms with Crippen LogP contribution < -0.4 is 0 Å². The smallest absolute Gasteiger partial charge is 0.0431 e. The van der Waals surface area contributed by atoms with Crippen LogP contribution in [0.3, 0.4) is 0 Å². The zero-order valence-corrected chi connectivity index (χ0v) is 18.2. The molecule has 2 rings (SSSR count). The van der Waals surface area contributed by atoms with E-state index in [4.69, 9.17) is 5.11 Å². The first-order valence-corrected chi connectivity index (χ1v) is 11.6. The second-order valence-corrected chi connectivity index (χ2v) is 7.79. The summed E-state index contributed by atoms with van der Waals surface area (Å²) in [6.45, 7) is 0.339. The molecule has 0 amide bonds. The Balaban J connectivity index is 0.000000260. The molecule has 2 heteroatoms. The van der Waals surface area contributed by atoms with Crippen LogP contribution in [0.5, 0.6) is 0 Å². The van der Waals surface area contributed by atoms with Gasteiger partial charge in [-0.2, -0.15) is 0 Å². The molecular weight excluding hydrogens is 431 g/mol. The Hall–Kier alpha value is -0.870. The van der Waals surface area contributed by atoms with Crippen LogP contribution in [0.15, 0.2) is 60.7 Å². The number of hydrogen-bond donors (Lipinski definition) is 1. The van der Waals surface area contributed by atoms with Crippen LogP contribution in [0.4, 0.5) is 0 Å². The van der Waals surface area contributed by atoms with E-state index in [0.29, 0.717) is 6.61 Å². The van der Waals surface area contributed by atoms with Crippen molar-refractivity contribution in [3.8, 4) is 0 Å². The van der Waals surface area contributed by atoms with Gasteiger partial charge in [0, 0.05) is 6.61 Å². The first-order chi connectivity index (χ1) is 12.9. The molecule has 26 heavy (non-hydrogen) atoms. The SMILES string of the molecule is ICCCCCCc1ccccc1.OCCCCCCc1ccccc1. The normalized spacial score (nSPS) is 10.2. The fourth-order valence-corrected chi connectivity index (χ4v) is 3.40. The van der Waals surface area contributed by atoms with Gasteiger partial charge < -0.3 is 5.11 Å². The maximum absolute atomic E-state index is 8.58. The summed E-state index contributed by atoms with van der Waals surface area (Å²) >= 11 is 2.45. The van der Waals surface area contributed by atoms with E-state index in [-0.39, 0.29) is 0 Å². The van der Waals surface area contributed by atoms with Crippen molar-refractivity contribution >= 4 is 22.6 Å². The summed E-state index contributed by atoms with van der Waals surface area (Å²) < 4.78 is 1.31. The molecule has 0 heterocycles. The first kappa shape index (κ1) is 23.2. The van der Waals surface area contributed by atoms with Crippen LogP contribution in [-0.2, 0) is 12.8 Å². The van der Waals surface area contributed by atoms with Crippen LogP contribution in [-0.4, -0.2) is 16.1 Å². The van der Waals surface area contributed by atoms with Crippen molar-refractivity contribution in [1.82, 2.24) is 0 Å². The summed E-state index contributed by atoms with van der Waals surface area (Å²) in [5.41, 5.74) is 2.91. The van der Waals surface area contributed by atoms with E-state index in [9.17, 15) is 0 Å². The van der Waals surface area contributed by atoms with Crippen LogP contribution in [0.1, 0.15) is 62.5 Å². The third kappa shape index (κ3) is 13.3. The Morgan fingerprint density at radius 2 is 0.962 bits per heavy atom. The van der Waals surface area contributed by atoms with Crippen molar-refractivity contribution in [3.05, 3.63) is 71.8 Å². The molecule has 1 N–H and O–H groups in total. The molecule has 0 aliphatic rings. The van der Waals surface area contributed by atoms with E-state index < -0.39 is 0 Å². The molecular formula is C24H35IO. The zero-order chi connectivity index (χ0) is 18.7. The molecule has 0 radical (unpaired) electrons. The van der Waals surface area contributed by atoms with E-state index in [0.717, 1.165) is 12.8 Å². The average molecular weight is 466 g/mol. The monoisotopic (exact) mass is 466 g/mol. The Labute approximate surface area is 174 Å². The van der Waals surface area contributed by atoms with E-state index in [1.807, 2.05) is 0 Å². The van der Waals surface area contributed by atoms with Crippen molar-refractivity contribution in [2.24, 2.45) is 0 Å². The van der Waals surface area contributed by atoms with E-state index in [1.165, 1.54) is 66.9 Å². The number of aliphatic hydroxyl groups excluding tert-OH is 1. The Kier molecular flexibility index (Phi) is 15.6. The van der Waals surface area contributed by atoms with Crippen molar-refractivity contribution in [2.75, 3.05) is 11.0 Å². The minimum absolute atomic E-state index is 0.339. The van der Waals surface area contributed by atoms with Gasteiger partial charge in [-0.25, -0.2) is 0 Å². The molecule has 0 bridgehead atoms. The van der Waals surface area contributed by atoms with Gasteiger partial charge in [0.2, 0.25) is 0 Å². The molecule has 0 aromatic heterocycles. The van der Waals surface area contributed by atoms with Gasteiger partial charge in [0.05, 0.1) is 0 Å². The number of benzene rings is 2. The second-order valence-electron chi connectivity index (χ2n) is 6.71. The second kappa shape index (κ2) is 17.5. The van der Waals surface area contributed by atoms with Gasteiger partial charge >= 0.3 is 0 Å². The predicted octanol–water partition coefficient (Wildman–Crippen LogP) is 7.01. The van der Waals surface area contributed by atoms with Crippen molar-refractivity contribution in [1.29, 1.82) is 0 Å². The molecule has 0 unspecified atom stereocenters. The van der Waals surface area contributed by atoms with Gasteiger partial charge in [-0.15, -0.1) is 0 Å². The van der Waals surface area contributed by atoms with Crippen LogP contribution >= 0.6 is 22.6 Å². The molecule has 2 aromatic rings. The maximum atomic E-state index is 8.58. The summed E-state index contributed by atoms with van der Waals surface area (Å²) in [6, 6.07) is 21.3. The summed E-state index contributed by atoms with van der Waals surface area (Å²) in [5.74, 6) is 0. The lowest BCUT2D eigenvalue weighted by molar-refractivity contribution is 0.282. The molecule has 0 spiro atoms. The number of aryl methyl sites for hydroxylation is 2. The number of unbranched alkanes of at least 4 members (excludes halogenated alkanes) is 6. The van der Waals surface area contributed by atoms with E-state index >= 15 is 0 Å². The average Bonchev–Trinajstić information content (AvgIpc) is 2.70. The van der Waals surface area contributed by atoms with Gasteiger partial charge in [0.15, 0.2) is 0 Å². The molecule has 2 aromatic carbocycles. The standard InChI is InChI=1S/C12H17I.C12H18O/c2*13-11-7-2-1-4-8-12-9-5-3-6-10-12/h3,5-6,9-10H,1-2,4,7-8,11H2;3,5-6,9-10,13H,1-2,4,7-8,11H2. The van der Waals surface area contributed by atoms with Gasteiger partial charge in [-0.1, -0.05) is 109 Å². The third-order valence-electron chi connectivity index (χ3n) is 4.41. The predicted molar refractivity (Wildman–Crippen MR) is 123 cm³/mol. The molecule has 1 nitrogen and oxygen atoms in total. The van der Waals surface area contributed by atoms with Gasteiger partial charge in [-0.3, -0.25) is 0 Å². The highest BCUT2D eigenvalue weighted by molar-refractivity contribution is 14.1. The number of aliphatic hydroxyl groups is 1. The summed E-state index contributed by atoms with van der Waals surface area (Å²) in [7, 11) is 0. The van der Waals surface area contributed by atoms with Gasteiger partial charge in [-0.05, 0) is 54.1 Å². The number of halogens is 1. The van der Waals surface area contributed by atoms with Crippen molar-refractivity contribution < 1.29 is 5.11 Å². The molecule has 0 aliphatic heterocycles. The molecule has 0 atom stereocenters. The molecule has 0 saturated carbocycles. The summed E-state index contributed by atoms with van der Waals surface area (Å²) in [4.78, 5) is 0. The maximum Gasteiger partial charge on any atom is 0.0431 e. The fourth-order valence-electron chi connectivity index (χ4n) is 2.86. The lowest BCUT2D eigenvalue weighted by Gasteiger charge is -2.00. The Morgan fingerprint density at radius 1 is 0.538 bits per heavy atom. The van der Waals surface area contributed by atoms with Crippen molar-refractivity contribution in [2.45, 2.75) is 64.2 Å². The zero-order valence-electron chi connectivity index (χ0n) is 16.1.